The van der Waals surface area contributed by atoms with Gasteiger partial charge in [-0.2, -0.15) is 0 Å². The molecule has 2 N–H and O–H groups in total. The monoisotopic (exact) mass is 275 g/mol. The molecule has 18 heavy (non-hydrogen) atoms. The van der Waals surface area contributed by atoms with E-state index in [1.807, 2.05) is 9.80 Å². The quantitative estimate of drug-likeness (QED) is 0.564. The Morgan fingerprint density at radius 1 is 1.11 bits per heavy atom. The third-order valence-corrected chi connectivity index (χ3v) is 3.36. The van der Waals surface area contributed by atoms with Gasteiger partial charge in [-0.15, -0.1) is 11.6 Å². The fourth-order valence-electron chi connectivity index (χ4n) is 2.13. The first-order chi connectivity index (χ1) is 8.63. The number of unbranched alkanes of at least 4 members (excludes halogenated alkanes) is 1. The summed E-state index contributed by atoms with van der Waals surface area (Å²) >= 11 is 5.59. The summed E-state index contributed by atoms with van der Waals surface area (Å²) < 4.78 is 0. The highest BCUT2D eigenvalue weighted by Crippen LogP contribution is 2.07. The van der Waals surface area contributed by atoms with Gasteiger partial charge in [-0.1, -0.05) is 0 Å². The summed E-state index contributed by atoms with van der Waals surface area (Å²) in [4.78, 5) is 26.7. The summed E-state index contributed by atoms with van der Waals surface area (Å²) in [6.45, 7) is 3.30. The number of nitrogens with two attached hydrogens (primary N) is 1. The molecule has 1 saturated heterocycles. The average Bonchev–Trinajstić information content (AvgIpc) is 2.54. The Kier molecular flexibility index (Phi) is 7.05. The van der Waals surface area contributed by atoms with Gasteiger partial charge in [-0.3, -0.25) is 14.5 Å². The van der Waals surface area contributed by atoms with E-state index in [0.717, 1.165) is 38.9 Å². The first kappa shape index (κ1) is 15.2. The predicted molar refractivity (Wildman–Crippen MR) is 71.4 cm³/mol. The van der Waals surface area contributed by atoms with E-state index in [0.29, 0.717) is 18.8 Å². The minimum Gasteiger partial charge on any atom is -0.369 e. The summed E-state index contributed by atoms with van der Waals surface area (Å²) in [6, 6.07) is 0. The van der Waals surface area contributed by atoms with Crippen LogP contribution in [0.15, 0.2) is 0 Å². The number of alkyl halides is 1. The van der Waals surface area contributed by atoms with Crippen LogP contribution in [-0.2, 0) is 9.59 Å². The highest BCUT2D eigenvalue weighted by atomic mass is 35.5. The van der Waals surface area contributed by atoms with E-state index < -0.39 is 0 Å². The van der Waals surface area contributed by atoms with Gasteiger partial charge in [0.25, 0.3) is 0 Å². The molecule has 5 nitrogen and oxygen atoms in total. The van der Waals surface area contributed by atoms with Crippen LogP contribution in [0.2, 0.25) is 0 Å². The molecule has 0 saturated carbocycles. The molecule has 1 fully saturated rings. The highest BCUT2D eigenvalue weighted by molar-refractivity contribution is 6.17. The van der Waals surface area contributed by atoms with Crippen LogP contribution in [-0.4, -0.2) is 60.2 Å². The maximum Gasteiger partial charge on any atom is 0.231 e. The lowest BCUT2D eigenvalue weighted by molar-refractivity contribution is -0.131. The molecule has 1 aliphatic rings. The number of hydrogen-bond acceptors (Lipinski definition) is 3. The zero-order valence-corrected chi connectivity index (χ0v) is 11.5. The van der Waals surface area contributed by atoms with Crippen molar-refractivity contribution in [1.29, 1.82) is 0 Å². The molecule has 0 aromatic carbocycles. The van der Waals surface area contributed by atoms with Crippen LogP contribution in [0.4, 0.5) is 0 Å². The van der Waals surface area contributed by atoms with Gasteiger partial charge in [0.15, 0.2) is 0 Å². The summed E-state index contributed by atoms with van der Waals surface area (Å²) in [5.41, 5.74) is 5.18. The van der Waals surface area contributed by atoms with Crippen LogP contribution < -0.4 is 5.73 Å². The van der Waals surface area contributed by atoms with Gasteiger partial charge in [-0.25, -0.2) is 0 Å². The Labute approximate surface area is 113 Å². The molecule has 2 amide bonds. The molecular weight excluding hydrogens is 254 g/mol. The molecule has 6 heteroatoms. The number of hydrogen-bond donors (Lipinski definition) is 1. The molecule has 0 aromatic rings. The van der Waals surface area contributed by atoms with Crippen LogP contribution in [0, 0.1) is 0 Å². The van der Waals surface area contributed by atoms with Gasteiger partial charge in [0.1, 0.15) is 0 Å². The van der Waals surface area contributed by atoms with Crippen molar-refractivity contribution in [3.05, 3.63) is 0 Å². The van der Waals surface area contributed by atoms with Crippen molar-refractivity contribution in [2.24, 2.45) is 5.73 Å². The molecule has 104 valence electrons. The summed E-state index contributed by atoms with van der Waals surface area (Å²) in [5.74, 6) is 0.498. The van der Waals surface area contributed by atoms with E-state index in [9.17, 15) is 9.59 Å². The average molecular weight is 276 g/mol. The lowest BCUT2D eigenvalue weighted by Gasteiger charge is -2.21. The SMILES string of the molecule is NC(=O)CN1CCCN(C(=O)CCCCCl)CC1. The smallest absolute Gasteiger partial charge is 0.231 e. The van der Waals surface area contributed by atoms with Gasteiger partial charge in [0, 0.05) is 38.5 Å². The third-order valence-electron chi connectivity index (χ3n) is 3.09. The molecule has 0 spiro atoms. The van der Waals surface area contributed by atoms with Crippen LogP contribution in [0.25, 0.3) is 0 Å². The van der Waals surface area contributed by atoms with Gasteiger partial charge in [0.2, 0.25) is 11.8 Å². The number of carbonyl (C=O) groups excluding carboxylic acids is 2. The Balaban J connectivity index is 2.32. The highest BCUT2D eigenvalue weighted by Gasteiger charge is 2.19. The largest absolute Gasteiger partial charge is 0.369 e. The molecule has 0 aromatic heterocycles. The van der Waals surface area contributed by atoms with E-state index >= 15 is 0 Å². The molecule has 0 atom stereocenters. The number of halogens is 1. The second-order valence-electron chi connectivity index (χ2n) is 4.62. The normalized spacial score (nSPS) is 17.5. The van der Waals surface area contributed by atoms with Crippen LogP contribution in [0.3, 0.4) is 0 Å². The number of primary amides is 1. The number of rotatable bonds is 6. The number of amides is 2. The van der Waals surface area contributed by atoms with Crippen molar-refractivity contribution >= 4 is 23.4 Å². The van der Waals surface area contributed by atoms with E-state index in [1.165, 1.54) is 0 Å². The van der Waals surface area contributed by atoms with Crippen molar-refractivity contribution in [1.82, 2.24) is 9.80 Å². The molecule has 1 aliphatic heterocycles. The van der Waals surface area contributed by atoms with Gasteiger partial charge >= 0.3 is 0 Å². The maximum absolute atomic E-state index is 11.9. The van der Waals surface area contributed by atoms with Crippen LogP contribution in [0.1, 0.15) is 25.7 Å². The lowest BCUT2D eigenvalue weighted by atomic mass is 10.2. The van der Waals surface area contributed by atoms with E-state index in [1.54, 1.807) is 0 Å². The predicted octanol–water partition coefficient (Wildman–Crippen LogP) is 0.415. The molecule has 0 radical (unpaired) electrons. The molecular formula is C12H22ClN3O2. The fraction of sp³-hybridized carbons (Fsp3) is 0.833. The molecule has 0 unspecified atom stereocenters. The first-order valence-corrected chi connectivity index (χ1v) is 7.01. The minimum atomic E-state index is -0.308. The summed E-state index contributed by atoms with van der Waals surface area (Å²) in [6.07, 6.45) is 3.20. The summed E-state index contributed by atoms with van der Waals surface area (Å²) in [7, 11) is 0. The van der Waals surface area contributed by atoms with Gasteiger partial charge in [0.05, 0.1) is 6.54 Å². The zero-order valence-electron chi connectivity index (χ0n) is 10.7. The molecule has 0 aliphatic carbocycles. The Hall–Kier alpha value is -0.810. The van der Waals surface area contributed by atoms with Crippen molar-refractivity contribution in [3.8, 4) is 0 Å². The second-order valence-corrected chi connectivity index (χ2v) is 5.00. The molecule has 1 heterocycles. The van der Waals surface area contributed by atoms with E-state index in [2.05, 4.69) is 0 Å². The second kappa shape index (κ2) is 8.32. The number of nitrogens with zero attached hydrogens (tertiary/aromatic N) is 2. The standard InChI is InChI=1S/C12H22ClN3O2/c13-5-2-1-4-12(18)16-7-3-6-15(8-9-16)10-11(14)17/h1-10H2,(H2,14,17). The van der Waals surface area contributed by atoms with Crippen LogP contribution in [0.5, 0.6) is 0 Å². The lowest BCUT2D eigenvalue weighted by Crippen LogP contribution is -2.38. The van der Waals surface area contributed by atoms with Crippen molar-refractivity contribution < 1.29 is 9.59 Å². The third kappa shape index (κ3) is 5.69. The topological polar surface area (TPSA) is 66.6 Å². The Bertz CT molecular complexity index is 286. The minimum absolute atomic E-state index is 0.195. The first-order valence-electron chi connectivity index (χ1n) is 6.48. The zero-order chi connectivity index (χ0) is 13.4. The van der Waals surface area contributed by atoms with Crippen molar-refractivity contribution in [3.63, 3.8) is 0 Å². The van der Waals surface area contributed by atoms with Gasteiger partial charge in [-0.05, 0) is 19.3 Å². The van der Waals surface area contributed by atoms with Crippen LogP contribution >= 0.6 is 11.6 Å². The van der Waals surface area contributed by atoms with Crippen molar-refractivity contribution in [2.45, 2.75) is 25.7 Å². The van der Waals surface area contributed by atoms with Gasteiger partial charge < -0.3 is 10.6 Å². The Morgan fingerprint density at radius 3 is 2.56 bits per heavy atom. The van der Waals surface area contributed by atoms with E-state index in [4.69, 9.17) is 17.3 Å². The number of carbonyl (C=O) groups is 2. The van der Waals surface area contributed by atoms with Crippen molar-refractivity contribution in [2.75, 3.05) is 38.6 Å². The summed E-state index contributed by atoms with van der Waals surface area (Å²) in [5, 5.41) is 0. The van der Waals surface area contributed by atoms with E-state index in [-0.39, 0.29) is 18.4 Å². The molecule has 0 bridgehead atoms. The maximum atomic E-state index is 11.9. The fourth-order valence-corrected chi connectivity index (χ4v) is 2.32. The Morgan fingerprint density at radius 2 is 1.89 bits per heavy atom. The molecule has 1 rings (SSSR count).